The number of nitro groups is 1. The van der Waals surface area contributed by atoms with E-state index in [9.17, 15) is 18.5 Å². The summed E-state index contributed by atoms with van der Waals surface area (Å²) in [5.74, 6) is 2.18. The molecule has 1 saturated heterocycles. The van der Waals surface area contributed by atoms with Crippen molar-refractivity contribution in [2.45, 2.75) is 11.8 Å². The molecule has 2 aromatic heterocycles. The molecule has 0 aliphatic carbocycles. The molecule has 1 aliphatic heterocycles. The zero-order chi connectivity index (χ0) is 21.3. The van der Waals surface area contributed by atoms with Crippen LogP contribution in [-0.4, -0.2) is 63.3 Å². The Labute approximate surface area is 172 Å². The Morgan fingerprint density at radius 3 is 2.43 bits per heavy atom. The van der Waals surface area contributed by atoms with Gasteiger partial charge >= 0.3 is 0 Å². The number of aryl methyl sites for hydroxylation is 1. The topological polar surface area (TPSA) is 127 Å². The van der Waals surface area contributed by atoms with Gasteiger partial charge in [-0.15, -0.1) is 0 Å². The Hall–Kier alpha value is -3.38. The van der Waals surface area contributed by atoms with Crippen LogP contribution in [0.4, 0.5) is 11.5 Å². The Kier molecular flexibility index (Phi) is 5.18. The number of piperazine rings is 1. The summed E-state index contributed by atoms with van der Waals surface area (Å²) in [6.45, 7) is 3.24. The SMILES string of the molecule is Cc1nccn1-c1cc(N2CCN(S(=O)(=O)c3cccc([N+](=O)[O-])c3)CC2)ncn1. The van der Waals surface area contributed by atoms with Gasteiger partial charge in [0.05, 0.1) is 9.82 Å². The Morgan fingerprint density at radius 1 is 1.03 bits per heavy atom. The maximum Gasteiger partial charge on any atom is 0.270 e. The molecule has 1 fully saturated rings. The standard InChI is InChI=1S/C18H19N7O4S/c1-14-19-5-6-24(14)18-12-17(20-13-21-18)22-7-9-23(10-8-22)30(28,29)16-4-2-3-15(11-16)25(26)27/h2-6,11-13H,7-10H2,1H3. The highest BCUT2D eigenvalue weighted by Gasteiger charge is 2.30. The molecule has 1 aromatic carbocycles. The highest BCUT2D eigenvalue weighted by atomic mass is 32.2. The second-order valence-electron chi connectivity index (χ2n) is 6.72. The lowest BCUT2D eigenvalue weighted by Crippen LogP contribution is -2.49. The van der Waals surface area contributed by atoms with Gasteiger partial charge in [0.25, 0.3) is 5.69 Å². The van der Waals surface area contributed by atoms with Gasteiger partial charge in [0.1, 0.15) is 23.8 Å². The summed E-state index contributed by atoms with van der Waals surface area (Å²) in [5.41, 5.74) is -0.252. The first-order valence-corrected chi connectivity index (χ1v) is 10.6. The average molecular weight is 429 g/mol. The van der Waals surface area contributed by atoms with Crippen molar-refractivity contribution in [3.63, 3.8) is 0 Å². The van der Waals surface area contributed by atoms with Crippen molar-refractivity contribution in [3.8, 4) is 5.82 Å². The number of nitrogens with zero attached hydrogens (tertiary/aromatic N) is 7. The van der Waals surface area contributed by atoms with Crippen LogP contribution in [-0.2, 0) is 10.0 Å². The summed E-state index contributed by atoms with van der Waals surface area (Å²) >= 11 is 0. The predicted octanol–water partition coefficient (Wildman–Crippen LogP) is 1.39. The van der Waals surface area contributed by atoms with E-state index in [2.05, 4.69) is 15.0 Å². The van der Waals surface area contributed by atoms with E-state index in [1.165, 1.54) is 28.8 Å². The van der Waals surface area contributed by atoms with Crippen molar-refractivity contribution in [2.75, 3.05) is 31.1 Å². The summed E-state index contributed by atoms with van der Waals surface area (Å²) in [7, 11) is -3.82. The minimum absolute atomic E-state index is 0.0787. The minimum atomic E-state index is -3.82. The fourth-order valence-electron chi connectivity index (χ4n) is 3.33. The summed E-state index contributed by atoms with van der Waals surface area (Å²) in [5, 5.41) is 11.0. The molecule has 0 atom stereocenters. The van der Waals surface area contributed by atoms with E-state index in [4.69, 9.17) is 0 Å². The molecule has 156 valence electrons. The number of nitro benzene ring substituents is 1. The largest absolute Gasteiger partial charge is 0.354 e. The fraction of sp³-hybridized carbons (Fsp3) is 0.278. The molecule has 0 bridgehead atoms. The molecule has 0 amide bonds. The van der Waals surface area contributed by atoms with E-state index in [1.807, 2.05) is 28.7 Å². The van der Waals surface area contributed by atoms with Crippen LogP contribution in [0.3, 0.4) is 0 Å². The van der Waals surface area contributed by atoms with Crippen LogP contribution in [0.5, 0.6) is 0 Å². The number of sulfonamides is 1. The maximum atomic E-state index is 12.9. The molecule has 12 heteroatoms. The van der Waals surface area contributed by atoms with Gasteiger partial charge in [-0.1, -0.05) is 6.07 Å². The number of rotatable bonds is 5. The molecule has 0 N–H and O–H groups in total. The monoisotopic (exact) mass is 429 g/mol. The molecular weight excluding hydrogens is 410 g/mol. The van der Waals surface area contributed by atoms with E-state index < -0.39 is 14.9 Å². The van der Waals surface area contributed by atoms with Crippen LogP contribution in [0.25, 0.3) is 5.82 Å². The molecule has 3 heterocycles. The van der Waals surface area contributed by atoms with Crippen LogP contribution in [0.1, 0.15) is 5.82 Å². The van der Waals surface area contributed by atoms with E-state index in [-0.39, 0.29) is 23.7 Å². The van der Waals surface area contributed by atoms with Gasteiger partial charge in [0.2, 0.25) is 10.0 Å². The number of non-ortho nitro benzene ring substituents is 1. The third kappa shape index (κ3) is 3.74. The second-order valence-corrected chi connectivity index (χ2v) is 8.66. The smallest absolute Gasteiger partial charge is 0.270 e. The molecule has 30 heavy (non-hydrogen) atoms. The second kappa shape index (κ2) is 7.80. The molecule has 0 radical (unpaired) electrons. The van der Waals surface area contributed by atoms with Crippen molar-refractivity contribution >= 4 is 21.5 Å². The van der Waals surface area contributed by atoms with Gasteiger partial charge < -0.3 is 4.90 Å². The lowest BCUT2D eigenvalue weighted by atomic mass is 10.3. The molecule has 1 aliphatic rings. The lowest BCUT2D eigenvalue weighted by molar-refractivity contribution is -0.385. The van der Waals surface area contributed by atoms with E-state index in [0.717, 1.165) is 11.9 Å². The van der Waals surface area contributed by atoms with Crippen molar-refractivity contribution in [2.24, 2.45) is 0 Å². The average Bonchev–Trinajstić information content (AvgIpc) is 3.20. The van der Waals surface area contributed by atoms with Crippen molar-refractivity contribution in [1.82, 2.24) is 23.8 Å². The normalized spacial score (nSPS) is 15.3. The van der Waals surface area contributed by atoms with Crippen LogP contribution in [0.15, 0.2) is 53.9 Å². The van der Waals surface area contributed by atoms with Crippen molar-refractivity contribution < 1.29 is 13.3 Å². The summed E-state index contributed by atoms with van der Waals surface area (Å²) in [6.07, 6.45) is 4.97. The third-order valence-corrected chi connectivity index (χ3v) is 6.83. The maximum absolute atomic E-state index is 12.9. The van der Waals surface area contributed by atoms with E-state index in [1.54, 1.807) is 6.20 Å². The summed E-state index contributed by atoms with van der Waals surface area (Å²) < 4.78 is 29.0. The van der Waals surface area contributed by atoms with Gasteiger partial charge in [-0.05, 0) is 13.0 Å². The summed E-state index contributed by atoms with van der Waals surface area (Å²) in [6, 6.07) is 6.94. The highest BCUT2D eigenvalue weighted by molar-refractivity contribution is 7.89. The van der Waals surface area contributed by atoms with Crippen molar-refractivity contribution in [3.05, 3.63) is 65.0 Å². The lowest BCUT2D eigenvalue weighted by Gasteiger charge is -2.34. The zero-order valence-corrected chi connectivity index (χ0v) is 16.9. The Balaban J connectivity index is 1.50. The summed E-state index contributed by atoms with van der Waals surface area (Å²) in [4.78, 5) is 25.0. The molecule has 0 saturated carbocycles. The quantitative estimate of drug-likeness (QED) is 0.440. The van der Waals surface area contributed by atoms with Crippen molar-refractivity contribution in [1.29, 1.82) is 0 Å². The number of aromatic nitrogens is 4. The first-order chi connectivity index (χ1) is 14.4. The number of imidazole rings is 1. The Morgan fingerprint density at radius 2 is 1.77 bits per heavy atom. The zero-order valence-electron chi connectivity index (χ0n) is 16.1. The molecule has 0 unspecified atom stereocenters. The number of anilines is 1. The van der Waals surface area contributed by atoms with Gasteiger partial charge in [-0.3, -0.25) is 14.7 Å². The first kappa shape index (κ1) is 19.9. The van der Waals surface area contributed by atoms with Gasteiger partial charge in [0.15, 0.2) is 0 Å². The number of benzene rings is 1. The van der Waals surface area contributed by atoms with Gasteiger partial charge in [-0.25, -0.2) is 23.4 Å². The van der Waals surface area contributed by atoms with Crippen LogP contribution >= 0.6 is 0 Å². The molecule has 4 rings (SSSR count). The highest BCUT2D eigenvalue weighted by Crippen LogP contribution is 2.23. The Bertz CT molecular complexity index is 1190. The van der Waals surface area contributed by atoms with Gasteiger partial charge in [0, 0.05) is 56.8 Å². The predicted molar refractivity (Wildman–Crippen MR) is 108 cm³/mol. The van der Waals surface area contributed by atoms with E-state index >= 15 is 0 Å². The first-order valence-electron chi connectivity index (χ1n) is 9.18. The van der Waals surface area contributed by atoms with E-state index in [0.29, 0.717) is 24.7 Å². The molecule has 11 nitrogen and oxygen atoms in total. The molecule has 3 aromatic rings. The minimum Gasteiger partial charge on any atom is -0.354 e. The van der Waals surface area contributed by atoms with Crippen LogP contribution in [0.2, 0.25) is 0 Å². The number of hydrogen-bond acceptors (Lipinski definition) is 8. The number of hydrogen-bond donors (Lipinski definition) is 0. The van der Waals surface area contributed by atoms with Crippen LogP contribution in [0, 0.1) is 17.0 Å². The fourth-order valence-corrected chi connectivity index (χ4v) is 4.79. The molecule has 0 spiro atoms. The molecular formula is C18H19N7O4S. The third-order valence-electron chi connectivity index (χ3n) is 4.94. The van der Waals surface area contributed by atoms with Crippen LogP contribution < -0.4 is 4.90 Å². The van der Waals surface area contributed by atoms with Gasteiger partial charge in [-0.2, -0.15) is 4.31 Å².